The minimum absolute atomic E-state index is 0.00981. The summed E-state index contributed by atoms with van der Waals surface area (Å²) >= 11 is 12.7. The minimum atomic E-state index is -4.27. The monoisotopic (exact) mass is 665 g/mol. The Labute approximate surface area is 275 Å². The summed E-state index contributed by atoms with van der Waals surface area (Å²) in [5, 5.41) is 3.42. The number of anilines is 1. The van der Waals surface area contributed by atoms with Crippen molar-refractivity contribution in [3.63, 3.8) is 0 Å². The van der Waals surface area contributed by atoms with E-state index in [4.69, 9.17) is 23.2 Å². The molecule has 0 saturated carbocycles. The maximum absolute atomic E-state index is 14.5. The Morgan fingerprint density at radius 1 is 0.844 bits per heavy atom. The maximum atomic E-state index is 14.5. The molecule has 0 saturated heterocycles. The zero-order valence-corrected chi connectivity index (χ0v) is 27.8. The molecule has 4 rings (SSSR count). The first-order valence-electron chi connectivity index (χ1n) is 14.7. The van der Waals surface area contributed by atoms with Gasteiger partial charge in [0.15, 0.2) is 0 Å². The molecule has 0 aliphatic heterocycles. The zero-order chi connectivity index (χ0) is 32.6. The van der Waals surface area contributed by atoms with Gasteiger partial charge in [-0.05, 0) is 61.7 Å². The maximum Gasteiger partial charge on any atom is 0.264 e. The lowest BCUT2D eigenvalue weighted by Gasteiger charge is -2.34. The van der Waals surface area contributed by atoms with E-state index in [9.17, 15) is 18.0 Å². The number of aryl methyl sites for hydroxylation is 1. The first-order chi connectivity index (χ1) is 21.5. The van der Waals surface area contributed by atoms with Gasteiger partial charge in [-0.3, -0.25) is 13.9 Å². The second-order valence-corrected chi connectivity index (χ2v) is 13.7. The largest absolute Gasteiger partial charge is 0.352 e. The van der Waals surface area contributed by atoms with Crippen molar-refractivity contribution in [3.8, 4) is 0 Å². The number of hydrogen-bond donors (Lipinski definition) is 1. The number of carbonyl (C=O) groups excluding carboxylic acids is 2. The summed E-state index contributed by atoms with van der Waals surface area (Å²) in [6.45, 7) is 5.30. The van der Waals surface area contributed by atoms with Gasteiger partial charge in [0.1, 0.15) is 12.6 Å². The van der Waals surface area contributed by atoms with E-state index < -0.39 is 28.5 Å². The predicted molar refractivity (Wildman–Crippen MR) is 181 cm³/mol. The number of rotatable bonds is 13. The number of nitrogens with one attached hydrogen (secondary N) is 1. The van der Waals surface area contributed by atoms with Crippen LogP contribution in [0.3, 0.4) is 0 Å². The number of halogens is 2. The Balaban J connectivity index is 1.83. The van der Waals surface area contributed by atoms with Crippen LogP contribution in [-0.2, 0) is 32.6 Å². The van der Waals surface area contributed by atoms with Gasteiger partial charge in [-0.25, -0.2) is 8.42 Å². The molecule has 10 heteroatoms. The molecule has 0 heterocycles. The Bertz CT molecular complexity index is 1720. The predicted octanol–water partition coefficient (Wildman–Crippen LogP) is 7.05. The van der Waals surface area contributed by atoms with Gasteiger partial charge in [0, 0.05) is 24.0 Å². The van der Waals surface area contributed by atoms with E-state index in [0.717, 1.165) is 21.0 Å². The third-order valence-electron chi connectivity index (χ3n) is 7.50. The highest BCUT2D eigenvalue weighted by Crippen LogP contribution is 2.33. The molecule has 0 aliphatic carbocycles. The molecule has 7 nitrogen and oxygen atoms in total. The average Bonchev–Trinajstić information content (AvgIpc) is 3.02. The quantitative estimate of drug-likeness (QED) is 0.166. The fourth-order valence-electron chi connectivity index (χ4n) is 4.92. The SMILES string of the molecule is CC[C@H](C)NC(=O)[C@@H](Cc1ccccc1)N(Cc1cccc(C)c1)C(=O)CN(c1ccc(Cl)cc1Cl)S(=O)(=O)c1ccccc1. The molecular weight excluding hydrogens is 629 g/mol. The first kappa shape index (κ1) is 34.0. The van der Waals surface area contributed by atoms with E-state index in [1.54, 1.807) is 18.2 Å². The fraction of sp³-hybridized carbons (Fsp3) is 0.257. The fourth-order valence-corrected chi connectivity index (χ4v) is 6.93. The highest BCUT2D eigenvalue weighted by molar-refractivity contribution is 7.92. The Kier molecular flexibility index (Phi) is 11.7. The molecular formula is C35H37Cl2N3O4S. The summed E-state index contributed by atoms with van der Waals surface area (Å²) < 4.78 is 29.2. The van der Waals surface area contributed by atoms with Crippen molar-refractivity contribution >= 4 is 50.7 Å². The van der Waals surface area contributed by atoms with Gasteiger partial charge in [-0.15, -0.1) is 0 Å². The summed E-state index contributed by atoms with van der Waals surface area (Å²) in [5.41, 5.74) is 2.75. The van der Waals surface area contributed by atoms with Crippen LogP contribution in [0, 0.1) is 6.92 Å². The average molecular weight is 667 g/mol. The van der Waals surface area contributed by atoms with Crippen molar-refractivity contribution in [1.29, 1.82) is 0 Å². The summed E-state index contributed by atoms with van der Waals surface area (Å²) in [7, 11) is -4.27. The number of sulfonamides is 1. The molecule has 0 bridgehead atoms. The lowest BCUT2D eigenvalue weighted by Crippen LogP contribution is -2.54. The van der Waals surface area contributed by atoms with Crippen molar-refractivity contribution < 1.29 is 18.0 Å². The van der Waals surface area contributed by atoms with Gasteiger partial charge in [-0.2, -0.15) is 0 Å². The van der Waals surface area contributed by atoms with Crippen molar-refractivity contribution in [1.82, 2.24) is 10.2 Å². The Morgan fingerprint density at radius 3 is 2.11 bits per heavy atom. The number of benzene rings is 4. The lowest BCUT2D eigenvalue weighted by molar-refractivity contribution is -0.140. The molecule has 0 aliphatic rings. The van der Waals surface area contributed by atoms with E-state index in [0.29, 0.717) is 11.4 Å². The molecule has 236 valence electrons. The minimum Gasteiger partial charge on any atom is -0.352 e. The Hall–Kier alpha value is -3.85. The van der Waals surface area contributed by atoms with E-state index in [1.165, 1.54) is 35.2 Å². The topological polar surface area (TPSA) is 86.8 Å². The second kappa shape index (κ2) is 15.4. The van der Waals surface area contributed by atoms with Gasteiger partial charge < -0.3 is 10.2 Å². The molecule has 2 atom stereocenters. The molecule has 0 fully saturated rings. The van der Waals surface area contributed by atoms with Crippen LogP contribution in [0.4, 0.5) is 5.69 Å². The molecule has 1 N–H and O–H groups in total. The van der Waals surface area contributed by atoms with Crippen LogP contribution in [0.15, 0.2) is 108 Å². The molecule has 45 heavy (non-hydrogen) atoms. The highest BCUT2D eigenvalue weighted by Gasteiger charge is 2.35. The van der Waals surface area contributed by atoms with E-state index in [2.05, 4.69) is 5.32 Å². The molecule has 0 unspecified atom stereocenters. The van der Waals surface area contributed by atoms with Gasteiger partial charge in [0.25, 0.3) is 10.0 Å². The van der Waals surface area contributed by atoms with E-state index in [-0.39, 0.29) is 40.5 Å². The molecule has 0 spiro atoms. The van der Waals surface area contributed by atoms with Crippen molar-refractivity contribution in [2.75, 3.05) is 10.8 Å². The van der Waals surface area contributed by atoms with Crippen LogP contribution in [0.1, 0.15) is 37.0 Å². The third-order valence-corrected chi connectivity index (χ3v) is 9.81. The van der Waals surface area contributed by atoms with Crippen molar-refractivity contribution in [3.05, 3.63) is 130 Å². The molecule has 0 radical (unpaired) electrons. The number of amides is 2. The normalized spacial score (nSPS) is 12.6. The smallest absolute Gasteiger partial charge is 0.264 e. The molecule has 4 aromatic carbocycles. The van der Waals surface area contributed by atoms with Crippen LogP contribution in [0.2, 0.25) is 10.0 Å². The first-order valence-corrected chi connectivity index (χ1v) is 16.9. The van der Waals surface area contributed by atoms with Crippen molar-refractivity contribution in [2.24, 2.45) is 0 Å². The van der Waals surface area contributed by atoms with Crippen LogP contribution in [0.25, 0.3) is 0 Å². The second-order valence-electron chi connectivity index (χ2n) is 11.0. The van der Waals surface area contributed by atoms with E-state index >= 15 is 0 Å². The summed E-state index contributed by atoms with van der Waals surface area (Å²) in [6.07, 6.45) is 0.932. The van der Waals surface area contributed by atoms with Crippen LogP contribution in [0.5, 0.6) is 0 Å². The summed E-state index contributed by atoms with van der Waals surface area (Å²) in [4.78, 5) is 29.9. The summed E-state index contributed by atoms with van der Waals surface area (Å²) in [6, 6.07) is 28.3. The Morgan fingerprint density at radius 2 is 1.49 bits per heavy atom. The van der Waals surface area contributed by atoms with E-state index in [1.807, 2.05) is 75.4 Å². The van der Waals surface area contributed by atoms with Crippen LogP contribution >= 0.6 is 23.2 Å². The van der Waals surface area contributed by atoms with Gasteiger partial charge in [0.2, 0.25) is 11.8 Å². The van der Waals surface area contributed by atoms with Crippen molar-refractivity contribution in [2.45, 2.75) is 57.1 Å². The third kappa shape index (κ3) is 8.87. The van der Waals surface area contributed by atoms with Crippen LogP contribution < -0.4 is 9.62 Å². The number of nitrogens with zero attached hydrogens (tertiary/aromatic N) is 2. The molecule has 0 aromatic heterocycles. The highest BCUT2D eigenvalue weighted by atomic mass is 35.5. The lowest BCUT2D eigenvalue weighted by atomic mass is 10.0. The zero-order valence-electron chi connectivity index (χ0n) is 25.5. The van der Waals surface area contributed by atoms with Gasteiger partial charge in [0.05, 0.1) is 15.6 Å². The molecule has 2 amide bonds. The number of hydrogen-bond acceptors (Lipinski definition) is 4. The standard InChI is InChI=1S/C35H37Cl2N3O4S/c1-4-26(3)38-35(42)33(21-27-13-7-5-8-14-27)39(23-28-15-11-12-25(2)20-28)34(41)24-40(32-19-18-29(36)22-31(32)37)45(43,44)30-16-9-6-10-17-30/h5-20,22,26,33H,4,21,23-24H2,1-3H3,(H,38,42)/t26-,33+/m0/s1. The van der Waals surface area contributed by atoms with Gasteiger partial charge in [-0.1, -0.05) is 108 Å². The van der Waals surface area contributed by atoms with Gasteiger partial charge >= 0.3 is 0 Å². The van der Waals surface area contributed by atoms with Crippen LogP contribution in [-0.4, -0.2) is 43.8 Å². The number of carbonyl (C=O) groups is 2. The summed E-state index contributed by atoms with van der Waals surface area (Å²) in [5.74, 6) is -0.890. The molecule has 4 aromatic rings.